The van der Waals surface area contributed by atoms with Gasteiger partial charge in [0.05, 0.1) is 19.6 Å². The van der Waals surface area contributed by atoms with E-state index in [4.69, 9.17) is 4.74 Å². The van der Waals surface area contributed by atoms with Gasteiger partial charge in [0.1, 0.15) is 5.01 Å². The van der Waals surface area contributed by atoms with Gasteiger partial charge in [0.25, 0.3) is 0 Å². The number of hydrogen-bond donors (Lipinski definition) is 0. The van der Waals surface area contributed by atoms with Gasteiger partial charge in [0.15, 0.2) is 0 Å². The number of rotatable bonds is 3. The van der Waals surface area contributed by atoms with Crippen LogP contribution in [0.15, 0.2) is 5.38 Å². The van der Waals surface area contributed by atoms with Gasteiger partial charge < -0.3 is 4.74 Å². The number of nitrogens with zero attached hydrogens (tertiary/aromatic N) is 2. The molecule has 1 atom stereocenters. The molecule has 1 saturated heterocycles. The minimum Gasteiger partial charge on any atom is -0.469 e. The van der Waals surface area contributed by atoms with Crippen molar-refractivity contribution >= 4 is 17.3 Å². The predicted octanol–water partition coefficient (Wildman–Crippen LogP) is 1.84. The summed E-state index contributed by atoms with van der Waals surface area (Å²) in [7, 11) is 1.46. The van der Waals surface area contributed by atoms with E-state index in [0.717, 1.165) is 43.2 Å². The fourth-order valence-electron chi connectivity index (χ4n) is 2.22. The molecular formula is C12H18N2O2S. The number of carbonyl (C=O) groups is 1. The van der Waals surface area contributed by atoms with E-state index in [-0.39, 0.29) is 11.9 Å². The molecule has 5 heteroatoms. The molecule has 1 fully saturated rings. The average Bonchev–Trinajstić information content (AvgIpc) is 2.74. The number of carbonyl (C=O) groups excluding carboxylic acids is 1. The number of hydrogen-bond acceptors (Lipinski definition) is 5. The van der Waals surface area contributed by atoms with Crippen molar-refractivity contribution in [3.8, 4) is 0 Å². The van der Waals surface area contributed by atoms with E-state index in [1.165, 1.54) is 7.11 Å². The molecule has 0 aromatic carbocycles. The van der Waals surface area contributed by atoms with Gasteiger partial charge in [-0.15, -0.1) is 11.3 Å². The molecule has 94 valence electrons. The molecule has 1 aromatic heterocycles. The Bertz CT molecular complexity index is 392. The van der Waals surface area contributed by atoms with Gasteiger partial charge in [0.2, 0.25) is 0 Å². The lowest BCUT2D eigenvalue weighted by Crippen LogP contribution is -2.38. The van der Waals surface area contributed by atoms with Gasteiger partial charge in [-0.05, 0) is 26.3 Å². The number of ether oxygens (including phenoxy) is 1. The molecule has 0 bridgehead atoms. The van der Waals surface area contributed by atoms with Crippen LogP contribution in [0, 0.1) is 12.8 Å². The molecule has 17 heavy (non-hydrogen) atoms. The molecule has 1 unspecified atom stereocenters. The SMILES string of the molecule is COC(=O)C1CCCN(Cc2nc(C)cs2)C1. The topological polar surface area (TPSA) is 42.4 Å². The fraction of sp³-hybridized carbons (Fsp3) is 0.667. The lowest BCUT2D eigenvalue weighted by molar-refractivity contribution is -0.147. The second-order valence-electron chi connectivity index (χ2n) is 4.48. The Morgan fingerprint density at radius 3 is 3.18 bits per heavy atom. The van der Waals surface area contributed by atoms with Gasteiger partial charge in [-0.2, -0.15) is 0 Å². The van der Waals surface area contributed by atoms with Crippen molar-refractivity contribution in [3.63, 3.8) is 0 Å². The Morgan fingerprint density at radius 1 is 1.71 bits per heavy atom. The first-order valence-corrected chi connectivity index (χ1v) is 6.78. The van der Waals surface area contributed by atoms with Crippen LogP contribution in [0.5, 0.6) is 0 Å². The number of piperidine rings is 1. The van der Waals surface area contributed by atoms with Gasteiger partial charge in [-0.3, -0.25) is 9.69 Å². The van der Waals surface area contributed by atoms with E-state index in [2.05, 4.69) is 15.3 Å². The van der Waals surface area contributed by atoms with Crippen LogP contribution in [0.4, 0.5) is 0 Å². The largest absolute Gasteiger partial charge is 0.469 e. The minimum absolute atomic E-state index is 0.0369. The van der Waals surface area contributed by atoms with Crippen molar-refractivity contribution in [1.82, 2.24) is 9.88 Å². The van der Waals surface area contributed by atoms with Gasteiger partial charge in [0, 0.05) is 17.6 Å². The van der Waals surface area contributed by atoms with Crippen molar-refractivity contribution in [2.75, 3.05) is 20.2 Å². The third-order valence-electron chi connectivity index (χ3n) is 3.07. The second kappa shape index (κ2) is 5.60. The summed E-state index contributed by atoms with van der Waals surface area (Å²) in [6.45, 7) is 4.71. The summed E-state index contributed by atoms with van der Waals surface area (Å²) in [6.07, 6.45) is 2.00. The molecule has 0 spiro atoms. The molecule has 0 saturated carbocycles. The van der Waals surface area contributed by atoms with Gasteiger partial charge >= 0.3 is 5.97 Å². The quantitative estimate of drug-likeness (QED) is 0.772. The first-order chi connectivity index (χ1) is 8.19. The Balaban J connectivity index is 1.91. The highest BCUT2D eigenvalue weighted by molar-refractivity contribution is 7.09. The zero-order chi connectivity index (χ0) is 12.3. The number of methoxy groups -OCH3 is 1. The van der Waals surface area contributed by atoms with E-state index in [1.54, 1.807) is 11.3 Å². The van der Waals surface area contributed by atoms with E-state index < -0.39 is 0 Å². The van der Waals surface area contributed by atoms with E-state index in [1.807, 2.05) is 6.92 Å². The van der Waals surface area contributed by atoms with Crippen LogP contribution in [0.1, 0.15) is 23.5 Å². The van der Waals surface area contributed by atoms with Crippen LogP contribution >= 0.6 is 11.3 Å². The highest BCUT2D eigenvalue weighted by Crippen LogP contribution is 2.20. The summed E-state index contributed by atoms with van der Waals surface area (Å²) in [5, 5.41) is 3.20. The highest BCUT2D eigenvalue weighted by Gasteiger charge is 2.26. The molecule has 0 aliphatic carbocycles. The van der Waals surface area contributed by atoms with Crippen LogP contribution in [0.25, 0.3) is 0 Å². The fourth-order valence-corrected chi connectivity index (χ4v) is 3.04. The lowest BCUT2D eigenvalue weighted by Gasteiger charge is -2.30. The van der Waals surface area contributed by atoms with Crippen molar-refractivity contribution in [1.29, 1.82) is 0 Å². The normalized spacial score (nSPS) is 21.4. The van der Waals surface area contributed by atoms with E-state index >= 15 is 0 Å². The zero-order valence-corrected chi connectivity index (χ0v) is 11.1. The third-order valence-corrected chi connectivity index (χ3v) is 4.02. The van der Waals surface area contributed by atoms with Crippen molar-refractivity contribution in [2.24, 2.45) is 5.92 Å². The molecule has 0 N–H and O–H groups in total. The molecule has 0 amide bonds. The maximum atomic E-state index is 11.5. The van der Waals surface area contributed by atoms with Crippen LogP contribution in [-0.4, -0.2) is 36.1 Å². The van der Waals surface area contributed by atoms with Crippen molar-refractivity contribution in [2.45, 2.75) is 26.3 Å². The second-order valence-corrected chi connectivity index (χ2v) is 5.42. The maximum Gasteiger partial charge on any atom is 0.309 e. The summed E-state index contributed by atoms with van der Waals surface area (Å²) in [5.74, 6) is -0.0418. The summed E-state index contributed by atoms with van der Waals surface area (Å²) < 4.78 is 4.81. The number of likely N-dealkylation sites (tertiary alicyclic amines) is 1. The van der Waals surface area contributed by atoms with Gasteiger partial charge in [-0.25, -0.2) is 4.98 Å². The molecule has 0 radical (unpaired) electrons. The predicted molar refractivity (Wildman–Crippen MR) is 66.9 cm³/mol. The monoisotopic (exact) mass is 254 g/mol. The number of thiazole rings is 1. The maximum absolute atomic E-state index is 11.5. The van der Waals surface area contributed by atoms with Crippen LogP contribution in [-0.2, 0) is 16.1 Å². The summed E-state index contributed by atoms with van der Waals surface area (Å²) >= 11 is 1.69. The first kappa shape index (κ1) is 12.5. The Morgan fingerprint density at radius 2 is 2.53 bits per heavy atom. The molecule has 1 aliphatic heterocycles. The van der Waals surface area contributed by atoms with E-state index in [0.29, 0.717) is 0 Å². The highest BCUT2D eigenvalue weighted by atomic mass is 32.1. The number of esters is 1. The lowest BCUT2D eigenvalue weighted by atomic mass is 9.98. The van der Waals surface area contributed by atoms with Crippen molar-refractivity contribution < 1.29 is 9.53 Å². The summed E-state index contributed by atoms with van der Waals surface area (Å²) in [5.41, 5.74) is 1.08. The zero-order valence-electron chi connectivity index (χ0n) is 10.3. The summed E-state index contributed by atoms with van der Waals surface area (Å²) in [6, 6.07) is 0. The first-order valence-electron chi connectivity index (χ1n) is 5.90. The molecule has 1 aliphatic rings. The molecule has 2 rings (SSSR count). The molecular weight excluding hydrogens is 236 g/mol. The number of aryl methyl sites for hydroxylation is 1. The summed E-state index contributed by atoms with van der Waals surface area (Å²) in [4.78, 5) is 18.3. The molecule has 2 heterocycles. The minimum atomic E-state index is -0.0787. The van der Waals surface area contributed by atoms with Gasteiger partial charge in [-0.1, -0.05) is 0 Å². The smallest absolute Gasteiger partial charge is 0.309 e. The molecule has 1 aromatic rings. The van der Waals surface area contributed by atoms with Crippen LogP contribution < -0.4 is 0 Å². The average molecular weight is 254 g/mol. The Hall–Kier alpha value is -0.940. The standard InChI is InChI=1S/C12H18N2O2S/c1-9-8-17-11(13-9)7-14-5-3-4-10(6-14)12(15)16-2/h8,10H,3-7H2,1-2H3. The van der Waals surface area contributed by atoms with Crippen LogP contribution in [0.3, 0.4) is 0 Å². The van der Waals surface area contributed by atoms with Crippen molar-refractivity contribution in [3.05, 3.63) is 16.1 Å². The number of aromatic nitrogens is 1. The third kappa shape index (κ3) is 3.26. The molecule has 4 nitrogen and oxygen atoms in total. The van der Waals surface area contributed by atoms with E-state index in [9.17, 15) is 4.79 Å². The Kier molecular flexibility index (Phi) is 4.12. The Labute approximate surface area is 106 Å². The van der Waals surface area contributed by atoms with Crippen LogP contribution in [0.2, 0.25) is 0 Å².